The smallest absolute Gasteiger partial charge is 0.266 e. The van der Waals surface area contributed by atoms with Gasteiger partial charge in [0.05, 0.1) is 25.3 Å². The molecule has 0 bridgehead atoms. The van der Waals surface area contributed by atoms with Gasteiger partial charge in [0, 0.05) is 11.4 Å². The van der Waals surface area contributed by atoms with E-state index in [0.29, 0.717) is 51.0 Å². The van der Waals surface area contributed by atoms with Crippen LogP contribution in [0.5, 0.6) is 23.0 Å². The molecule has 0 spiro atoms. The summed E-state index contributed by atoms with van der Waals surface area (Å²) in [6.45, 7) is 1.87. The van der Waals surface area contributed by atoms with E-state index >= 15 is 0 Å². The molecule has 0 atom stereocenters. The highest BCUT2D eigenvalue weighted by molar-refractivity contribution is 9.10. The molecule has 0 aliphatic heterocycles. The number of hydrogen-bond acceptors (Lipinski definition) is 7. The molecule has 3 rings (SSSR count). The van der Waals surface area contributed by atoms with Crippen LogP contribution in [0, 0.1) is 11.3 Å². The molecule has 0 saturated heterocycles. The Bertz CT molecular complexity index is 1350. The summed E-state index contributed by atoms with van der Waals surface area (Å²) < 4.78 is 22.2. The fourth-order valence-electron chi connectivity index (χ4n) is 3.27. The van der Waals surface area contributed by atoms with E-state index in [1.807, 2.05) is 6.07 Å². The van der Waals surface area contributed by atoms with Crippen molar-refractivity contribution in [3.63, 3.8) is 0 Å². The number of hydrogen-bond donors (Lipinski definition) is 2. The van der Waals surface area contributed by atoms with Gasteiger partial charge in [0.1, 0.15) is 23.1 Å². The highest BCUT2D eigenvalue weighted by Gasteiger charge is 2.16. The number of anilines is 2. The summed E-state index contributed by atoms with van der Waals surface area (Å²) in [5.74, 6) is 1.05. The first-order valence-electron chi connectivity index (χ1n) is 11.5. The Morgan fingerprint density at radius 1 is 0.921 bits per heavy atom. The van der Waals surface area contributed by atoms with Gasteiger partial charge in [-0.05, 0) is 95.2 Å². The summed E-state index contributed by atoms with van der Waals surface area (Å²) >= 11 is 3.44. The van der Waals surface area contributed by atoms with E-state index in [4.69, 9.17) is 18.9 Å². The Kier molecular flexibility index (Phi) is 10.1. The monoisotopic (exact) mass is 579 g/mol. The third-order valence-corrected chi connectivity index (χ3v) is 5.67. The van der Waals surface area contributed by atoms with Crippen molar-refractivity contribution in [2.45, 2.75) is 6.92 Å². The van der Waals surface area contributed by atoms with Crippen molar-refractivity contribution in [1.82, 2.24) is 0 Å². The van der Waals surface area contributed by atoms with Gasteiger partial charge in [0.2, 0.25) is 0 Å². The summed E-state index contributed by atoms with van der Waals surface area (Å²) in [7, 11) is 3.11. The van der Waals surface area contributed by atoms with Gasteiger partial charge >= 0.3 is 0 Å². The van der Waals surface area contributed by atoms with Crippen molar-refractivity contribution >= 4 is 45.2 Å². The molecule has 3 aromatic carbocycles. The number of nitrogens with zero attached hydrogens (tertiary/aromatic N) is 1. The number of nitrogens with one attached hydrogen (secondary N) is 2. The zero-order chi connectivity index (χ0) is 27.5. The number of ether oxygens (including phenoxy) is 4. The lowest BCUT2D eigenvalue weighted by Crippen LogP contribution is -2.20. The quantitative estimate of drug-likeness (QED) is 0.229. The van der Waals surface area contributed by atoms with E-state index in [2.05, 4.69) is 26.6 Å². The standard InChI is InChI=1S/C28H26BrN3O6/c1-4-37-25-15-18(13-19(16-30)28(34)32-21-7-11-23(36-3)12-8-21)14-24(29)27(25)38-17-26(33)31-20-5-9-22(35-2)10-6-20/h5-15H,4,17H2,1-3H3,(H,31,33)(H,32,34)/b19-13-. The lowest BCUT2D eigenvalue weighted by Gasteiger charge is -2.15. The minimum absolute atomic E-state index is 0.109. The van der Waals surface area contributed by atoms with E-state index in [0.717, 1.165) is 0 Å². The molecule has 2 amide bonds. The van der Waals surface area contributed by atoms with Gasteiger partial charge in [-0.15, -0.1) is 0 Å². The average molecular weight is 580 g/mol. The van der Waals surface area contributed by atoms with Crippen molar-refractivity contribution in [3.05, 3.63) is 76.3 Å². The van der Waals surface area contributed by atoms with Crippen molar-refractivity contribution in [1.29, 1.82) is 5.26 Å². The van der Waals surface area contributed by atoms with Gasteiger partial charge in [-0.3, -0.25) is 9.59 Å². The van der Waals surface area contributed by atoms with Gasteiger partial charge in [0.15, 0.2) is 18.1 Å². The van der Waals surface area contributed by atoms with Crippen LogP contribution in [0.2, 0.25) is 0 Å². The number of methoxy groups -OCH3 is 2. The predicted octanol–water partition coefficient (Wildman–Crippen LogP) is 5.43. The van der Waals surface area contributed by atoms with E-state index < -0.39 is 5.91 Å². The molecule has 0 aliphatic carbocycles. The molecular formula is C28H26BrN3O6. The van der Waals surface area contributed by atoms with Crippen LogP contribution >= 0.6 is 15.9 Å². The maximum Gasteiger partial charge on any atom is 0.266 e. The number of rotatable bonds is 11. The molecule has 3 aromatic rings. The maximum atomic E-state index is 12.7. The van der Waals surface area contributed by atoms with Crippen LogP contribution in [0.15, 0.2) is 70.7 Å². The zero-order valence-corrected chi connectivity index (χ0v) is 22.6. The van der Waals surface area contributed by atoms with Crippen molar-refractivity contribution < 1.29 is 28.5 Å². The molecule has 196 valence electrons. The summed E-state index contributed by atoms with van der Waals surface area (Å²) in [4.78, 5) is 25.1. The van der Waals surface area contributed by atoms with Gasteiger partial charge in [-0.25, -0.2) is 0 Å². The Labute approximate surface area is 229 Å². The highest BCUT2D eigenvalue weighted by Crippen LogP contribution is 2.37. The normalized spacial score (nSPS) is 10.7. The Balaban J connectivity index is 1.73. The Morgan fingerprint density at radius 2 is 1.50 bits per heavy atom. The molecule has 0 fully saturated rings. The van der Waals surface area contributed by atoms with Crippen LogP contribution in [-0.2, 0) is 9.59 Å². The molecule has 0 aliphatic rings. The van der Waals surface area contributed by atoms with Gasteiger partial charge in [0.25, 0.3) is 11.8 Å². The topological polar surface area (TPSA) is 119 Å². The number of carbonyl (C=O) groups excluding carboxylic acids is 2. The summed E-state index contributed by atoms with van der Waals surface area (Å²) in [5, 5.41) is 15.0. The Morgan fingerprint density at radius 3 is 2.03 bits per heavy atom. The minimum atomic E-state index is -0.567. The number of benzene rings is 3. The summed E-state index contributed by atoms with van der Waals surface area (Å²) in [5.41, 5.74) is 1.53. The lowest BCUT2D eigenvalue weighted by atomic mass is 10.1. The van der Waals surface area contributed by atoms with E-state index in [1.54, 1.807) is 81.8 Å². The fraction of sp³-hybridized carbons (Fsp3) is 0.179. The first kappa shape index (κ1) is 28.1. The van der Waals surface area contributed by atoms with Crippen molar-refractivity contribution in [3.8, 4) is 29.1 Å². The first-order chi connectivity index (χ1) is 18.4. The minimum Gasteiger partial charge on any atom is -0.497 e. The second kappa shape index (κ2) is 13.7. The largest absolute Gasteiger partial charge is 0.497 e. The van der Waals surface area contributed by atoms with Gasteiger partial charge < -0.3 is 29.6 Å². The SMILES string of the molecule is CCOc1cc(/C=C(/C#N)C(=O)Nc2ccc(OC)cc2)cc(Br)c1OCC(=O)Nc1ccc(OC)cc1. The molecular weight excluding hydrogens is 554 g/mol. The van der Waals surface area contributed by atoms with Gasteiger partial charge in [-0.1, -0.05) is 0 Å². The van der Waals surface area contributed by atoms with Crippen molar-refractivity contribution in [2.75, 3.05) is 38.1 Å². The Hall–Kier alpha value is -4.49. The third-order valence-electron chi connectivity index (χ3n) is 5.08. The van der Waals surface area contributed by atoms with Crippen LogP contribution in [0.4, 0.5) is 11.4 Å². The molecule has 9 nitrogen and oxygen atoms in total. The second-order valence-electron chi connectivity index (χ2n) is 7.68. The molecule has 10 heteroatoms. The molecule has 2 N–H and O–H groups in total. The molecule has 0 heterocycles. The van der Waals surface area contributed by atoms with E-state index in [1.165, 1.54) is 6.08 Å². The molecule has 0 unspecified atom stereocenters. The molecule has 0 aromatic heterocycles. The third kappa shape index (κ3) is 7.75. The molecule has 38 heavy (non-hydrogen) atoms. The van der Waals surface area contributed by atoms with Crippen LogP contribution in [0.3, 0.4) is 0 Å². The van der Waals surface area contributed by atoms with E-state index in [-0.39, 0.29) is 18.1 Å². The number of amides is 2. The lowest BCUT2D eigenvalue weighted by molar-refractivity contribution is -0.118. The average Bonchev–Trinajstić information content (AvgIpc) is 2.92. The van der Waals surface area contributed by atoms with Crippen molar-refractivity contribution in [2.24, 2.45) is 0 Å². The van der Waals surface area contributed by atoms with Gasteiger partial charge in [-0.2, -0.15) is 5.26 Å². The molecule has 0 radical (unpaired) electrons. The number of carbonyl (C=O) groups is 2. The summed E-state index contributed by atoms with van der Waals surface area (Å²) in [6.07, 6.45) is 1.44. The second-order valence-corrected chi connectivity index (χ2v) is 8.54. The zero-order valence-electron chi connectivity index (χ0n) is 21.0. The first-order valence-corrected chi connectivity index (χ1v) is 12.3. The van der Waals surface area contributed by atoms with Crippen LogP contribution in [0.1, 0.15) is 12.5 Å². The number of nitriles is 1. The fourth-order valence-corrected chi connectivity index (χ4v) is 3.85. The van der Waals surface area contributed by atoms with Crippen LogP contribution < -0.4 is 29.6 Å². The van der Waals surface area contributed by atoms with Crippen LogP contribution in [0.25, 0.3) is 6.08 Å². The van der Waals surface area contributed by atoms with Crippen LogP contribution in [-0.4, -0.2) is 39.2 Å². The van der Waals surface area contributed by atoms with E-state index in [9.17, 15) is 14.9 Å². The summed E-state index contributed by atoms with van der Waals surface area (Å²) in [6, 6.07) is 18.9. The maximum absolute atomic E-state index is 12.7. The predicted molar refractivity (Wildman–Crippen MR) is 148 cm³/mol. The number of halogens is 1. The highest BCUT2D eigenvalue weighted by atomic mass is 79.9. The molecule has 0 saturated carbocycles.